The minimum atomic E-state index is -0.894. The molecule has 8 nitrogen and oxygen atoms in total. The van der Waals surface area contributed by atoms with Crippen LogP contribution < -0.4 is 4.90 Å². The number of imide groups is 1. The van der Waals surface area contributed by atoms with Crippen LogP contribution in [0.3, 0.4) is 0 Å². The molecule has 0 spiro atoms. The van der Waals surface area contributed by atoms with Gasteiger partial charge in [-0.15, -0.1) is 0 Å². The topological polar surface area (TPSA) is 112 Å². The van der Waals surface area contributed by atoms with Crippen LogP contribution in [0.2, 0.25) is 0 Å². The van der Waals surface area contributed by atoms with Crippen LogP contribution in [0.5, 0.6) is 0 Å². The monoisotopic (exact) mass is 386 g/mol. The summed E-state index contributed by atoms with van der Waals surface area (Å²) in [5.41, 5.74) is -0.335. The fourth-order valence-electron chi connectivity index (χ4n) is 4.47. The second-order valence-electron chi connectivity index (χ2n) is 7.15. The van der Waals surface area contributed by atoms with Gasteiger partial charge in [-0.2, -0.15) is 0 Å². The van der Waals surface area contributed by atoms with E-state index in [4.69, 9.17) is 5.11 Å². The van der Waals surface area contributed by atoms with Crippen molar-refractivity contribution in [3.63, 3.8) is 0 Å². The summed E-state index contributed by atoms with van der Waals surface area (Å²) < 4.78 is 0. The molecule has 28 heavy (non-hydrogen) atoms. The lowest BCUT2D eigenvalue weighted by Gasteiger charge is -2.51. The standard InChI is InChI=1S/C19H18N2O5.CH4O/c1-2-19-9-14(23)17(25)20-8-7-13(22)11-5-3-4-6-12(11)21(15(24)10-19)18(26)16(19)20;1-2/h3-6,16H,2,7-10H2,1H3;2H,1H3/t16-,19+;/m1./s1. The van der Waals surface area contributed by atoms with Crippen LogP contribution in [0.4, 0.5) is 5.69 Å². The third-order valence-corrected chi connectivity index (χ3v) is 5.84. The number of hydrogen-bond donors (Lipinski definition) is 1. The number of anilines is 1. The SMILES string of the molecule is CC[C@]12CC(=O)C(=O)N3CCC(=O)c4ccccc4N(C(=O)C1)C(=O)[C@@H]32.CO. The van der Waals surface area contributed by atoms with E-state index in [0.29, 0.717) is 6.42 Å². The van der Waals surface area contributed by atoms with Gasteiger partial charge in [0, 0.05) is 43.9 Å². The molecule has 2 saturated heterocycles. The van der Waals surface area contributed by atoms with E-state index in [9.17, 15) is 24.0 Å². The number of fused-ring (bicyclic) bond motifs is 3. The molecule has 1 aromatic rings. The highest BCUT2D eigenvalue weighted by Crippen LogP contribution is 2.47. The van der Waals surface area contributed by atoms with Gasteiger partial charge in [-0.1, -0.05) is 19.1 Å². The molecule has 3 amide bonds. The van der Waals surface area contributed by atoms with Gasteiger partial charge in [0.05, 0.1) is 5.69 Å². The molecular weight excluding hydrogens is 364 g/mol. The Morgan fingerprint density at radius 2 is 1.71 bits per heavy atom. The van der Waals surface area contributed by atoms with E-state index < -0.39 is 35.0 Å². The van der Waals surface area contributed by atoms with Crippen LogP contribution in [0.1, 0.15) is 43.0 Å². The number of amides is 3. The maximum atomic E-state index is 13.3. The molecule has 2 atom stereocenters. The number of nitrogens with zero attached hydrogens (tertiary/aromatic N) is 2. The molecule has 2 fully saturated rings. The van der Waals surface area contributed by atoms with Gasteiger partial charge in [0.1, 0.15) is 6.04 Å². The summed E-state index contributed by atoms with van der Waals surface area (Å²) in [4.78, 5) is 65.9. The normalized spacial score (nSPS) is 26.7. The molecule has 148 valence electrons. The molecule has 3 aliphatic rings. The lowest BCUT2D eigenvalue weighted by Crippen LogP contribution is -2.69. The van der Waals surface area contributed by atoms with Crippen molar-refractivity contribution in [3.8, 4) is 0 Å². The molecule has 3 heterocycles. The van der Waals surface area contributed by atoms with E-state index >= 15 is 0 Å². The van der Waals surface area contributed by atoms with Gasteiger partial charge in [-0.05, 0) is 18.6 Å². The van der Waals surface area contributed by atoms with Crippen molar-refractivity contribution in [1.29, 1.82) is 0 Å². The third-order valence-electron chi connectivity index (χ3n) is 5.84. The van der Waals surface area contributed by atoms with Crippen molar-refractivity contribution in [2.24, 2.45) is 5.41 Å². The number of aliphatic hydroxyl groups excluding tert-OH is 1. The fourth-order valence-corrected chi connectivity index (χ4v) is 4.47. The van der Waals surface area contributed by atoms with E-state index in [1.165, 1.54) is 4.90 Å². The maximum Gasteiger partial charge on any atom is 0.290 e. The van der Waals surface area contributed by atoms with Crippen LogP contribution in [-0.4, -0.2) is 59.0 Å². The van der Waals surface area contributed by atoms with Crippen molar-refractivity contribution in [2.75, 3.05) is 18.6 Å². The number of rotatable bonds is 1. The number of carbonyl (C=O) groups excluding carboxylic acids is 5. The van der Waals surface area contributed by atoms with Crippen molar-refractivity contribution < 1.29 is 29.1 Å². The molecular formula is C20H22N2O6. The first-order valence-electron chi connectivity index (χ1n) is 9.17. The fraction of sp³-hybridized carbons (Fsp3) is 0.450. The van der Waals surface area contributed by atoms with E-state index in [1.807, 2.05) is 6.92 Å². The zero-order valence-electron chi connectivity index (χ0n) is 15.8. The molecule has 3 aliphatic heterocycles. The van der Waals surface area contributed by atoms with Crippen LogP contribution in [-0.2, 0) is 19.2 Å². The molecule has 0 aromatic heterocycles. The Morgan fingerprint density at radius 3 is 2.39 bits per heavy atom. The Hall–Kier alpha value is -2.87. The smallest absolute Gasteiger partial charge is 0.290 e. The average Bonchev–Trinajstić information content (AvgIpc) is 2.73. The van der Waals surface area contributed by atoms with Crippen molar-refractivity contribution in [1.82, 2.24) is 4.90 Å². The first kappa shape index (κ1) is 19.9. The number of benzene rings is 1. The van der Waals surface area contributed by atoms with E-state index in [1.54, 1.807) is 24.3 Å². The van der Waals surface area contributed by atoms with Gasteiger partial charge in [0.15, 0.2) is 5.78 Å². The van der Waals surface area contributed by atoms with E-state index in [2.05, 4.69) is 0 Å². The third kappa shape index (κ3) is 2.75. The molecule has 4 rings (SSSR count). The van der Waals surface area contributed by atoms with Gasteiger partial charge in [0.25, 0.3) is 11.8 Å². The summed E-state index contributed by atoms with van der Waals surface area (Å²) in [7, 11) is 1.00. The van der Waals surface area contributed by atoms with Crippen LogP contribution >= 0.6 is 0 Å². The predicted octanol–water partition coefficient (Wildman–Crippen LogP) is 0.711. The second kappa shape index (κ2) is 7.27. The number of aliphatic hydroxyl groups is 1. The Bertz CT molecular complexity index is 879. The quantitative estimate of drug-likeness (QED) is 0.562. The summed E-state index contributed by atoms with van der Waals surface area (Å²) >= 11 is 0. The number of para-hydroxylation sites is 1. The maximum absolute atomic E-state index is 13.3. The Labute approximate surface area is 162 Å². The first-order chi connectivity index (χ1) is 13.4. The van der Waals surface area contributed by atoms with Gasteiger partial charge in [-0.3, -0.25) is 24.0 Å². The minimum Gasteiger partial charge on any atom is -0.400 e. The Morgan fingerprint density at radius 1 is 1.04 bits per heavy atom. The Kier molecular flexibility index (Phi) is 5.16. The zero-order valence-corrected chi connectivity index (χ0v) is 15.8. The molecule has 0 saturated carbocycles. The van der Waals surface area contributed by atoms with Gasteiger partial charge < -0.3 is 10.0 Å². The highest BCUT2D eigenvalue weighted by atomic mass is 16.2. The summed E-state index contributed by atoms with van der Waals surface area (Å²) in [5, 5.41) is 7.00. The summed E-state index contributed by atoms with van der Waals surface area (Å²) in [6.45, 7) is 1.82. The zero-order chi connectivity index (χ0) is 20.6. The molecule has 0 radical (unpaired) electrons. The van der Waals surface area contributed by atoms with Crippen molar-refractivity contribution in [2.45, 2.75) is 38.6 Å². The summed E-state index contributed by atoms with van der Waals surface area (Å²) in [5.74, 6) is -2.55. The molecule has 1 aromatic carbocycles. The minimum absolute atomic E-state index is 0.00163. The Balaban J connectivity index is 0.00000109. The van der Waals surface area contributed by atoms with Crippen LogP contribution in [0, 0.1) is 5.41 Å². The van der Waals surface area contributed by atoms with Crippen molar-refractivity contribution in [3.05, 3.63) is 29.8 Å². The number of carbonyl (C=O) groups is 5. The number of piperidine rings is 2. The van der Waals surface area contributed by atoms with Crippen LogP contribution in [0.15, 0.2) is 24.3 Å². The number of Topliss-reactive ketones (excluding diaryl/α,β-unsaturated/α-hetero) is 2. The lowest BCUT2D eigenvalue weighted by molar-refractivity contribution is -0.164. The largest absolute Gasteiger partial charge is 0.400 e. The van der Waals surface area contributed by atoms with Gasteiger partial charge >= 0.3 is 0 Å². The molecule has 0 aliphatic carbocycles. The van der Waals surface area contributed by atoms with E-state index in [0.717, 1.165) is 12.0 Å². The number of hydrogen-bond acceptors (Lipinski definition) is 6. The molecule has 0 unspecified atom stereocenters. The highest BCUT2D eigenvalue weighted by Gasteiger charge is 2.59. The first-order valence-corrected chi connectivity index (χ1v) is 9.17. The summed E-state index contributed by atoms with van der Waals surface area (Å²) in [6.07, 6.45) is 0.318. The number of ketones is 2. The molecule has 8 heteroatoms. The van der Waals surface area contributed by atoms with Gasteiger partial charge in [-0.25, -0.2) is 4.90 Å². The van der Waals surface area contributed by atoms with Crippen molar-refractivity contribution >= 4 is 35.0 Å². The summed E-state index contributed by atoms with van der Waals surface area (Å²) in [6, 6.07) is 5.60. The second-order valence-corrected chi connectivity index (χ2v) is 7.15. The van der Waals surface area contributed by atoms with E-state index in [-0.39, 0.29) is 42.8 Å². The highest BCUT2D eigenvalue weighted by molar-refractivity contribution is 6.38. The average molecular weight is 386 g/mol. The van der Waals surface area contributed by atoms with Gasteiger partial charge in [0.2, 0.25) is 11.7 Å². The van der Waals surface area contributed by atoms with Crippen LogP contribution in [0.25, 0.3) is 0 Å². The molecule has 1 N–H and O–H groups in total. The predicted molar refractivity (Wildman–Crippen MR) is 98.5 cm³/mol. The molecule has 2 bridgehead atoms. The lowest BCUT2D eigenvalue weighted by atomic mass is 9.65.